The molecule has 14 heavy (non-hydrogen) atoms. The second-order valence-corrected chi connectivity index (χ2v) is 3.03. The molecule has 0 atom stereocenters. The Morgan fingerprint density at radius 1 is 1.57 bits per heavy atom. The summed E-state index contributed by atoms with van der Waals surface area (Å²) >= 11 is 0. The van der Waals surface area contributed by atoms with Gasteiger partial charge in [0.2, 0.25) is 0 Å². The van der Waals surface area contributed by atoms with Crippen LogP contribution in [-0.4, -0.2) is 29.8 Å². The van der Waals surface area contributed by atoms with Gasteiger partial charge in [0.1, 0.15) is 5.82 Å². The molecule has 0 aromatic carbocycles. The van der Waals surface area contributed by atoms with E-state index in [9.17, 15) is 0 Å². The molecule has 0 fully saturated rings. The number of pyridine rings is 1. The molecule has 1 aromatic heterocycles. The number of hydrogen-bond donors (Lipinski definition) is 2. The Bertz CT molecular complexity index is 278. The summed E-state index contributed by atoms with van der Waals surface area (Å²) < 4.78 is 0. The van der Waals surface area contributed by atoms with E-state index in [-0.39, 0.29) is 6.61 Å². The summed E-state index contributed by atoms with van der Waals surface area (Å²) in [7, 11) is 0. The number of rotatable bonds is 5. The third-order valence-electron chi connectivity index (χ3n) is 2.12. The topological polar surface area (TPSA) is 62.4 Å². The van der Waals surface area contributed by atoms with E-state index in [0.29, 0.717) is 13.1 Å². The van der Waals surface area contributed by atoms with Crippen LogP contribution in [0, 0.1) is 0 Å². The molecular formula is C10H17N3O. The maximum Gasteiger partial charge on any atom is 0.128 e. The van der Waals surface area contributed by atoms with Crippen LogP contribution in [0.3, 0.4) is 0 Å². The molecule has 0 aliphatic rings. The molecule has 78 valence electrons. The van der Waals surface area contributed by atoms with E-state index < -0.39 is 0 Å². The second-order valence-electron chi connectivity index (χ2n) is 3.03. The van der Waals surface area contributed by atoms with Crippen LogP contribution in [0.4, 0.5) is 5.82 Å². The largest absolute Gasteiger partial charge is 0.395 e. The number of nitrogens with two attached hydrogens (primary N) is 1. The van der Waals surface area contributed by atoms with Crippen molar-refractivity contribution >= 4 is 5.82 Å². The predicted octanol–water partition coefficient (Wildman–Crippen LogP) is 0.359. The van der Waals surface area contributed by atoms with Gasteiger partial charge in [-0.1, -0.05) is 0 Å². The minimum Gasteiger partial charge on any atom is -0.395 e. The number of hydrogen-bond acceptors (Lipinski definition) is 4. The van der Waals surface area contributed by atoms with Crippen LogP contribution in [0.1, 0.15) is 12.5 Å². The highest BCUT2D eigenvalue weighted by Crippen LogP contribution is 2.11. The zero-order chi connectivity index (χ0) is 10.4. The average molecular weight is 195 g/mol. The summed E-state index contributed by atoms with van der Waals surface area (Å²) in [4.78, 5) is 6.25. The van der Waals surface area contributed by atoms with Crippen molar-refractivity contribution in [2.24, 2.45) is 5.73 Å². The summed E-state index contributed by atoms with van der Waals surface area (Å²) in [5.41, 5.74) is 6.60. The molecule has 0 bridgehead atoms. The molecule has 0 saturated carbocycles. The normalized spacial score (nSPS) is 10.2. The molecular weight excluding hydrogens is 178 g/mol. The summed E-state index contributed by atoms with van der Waals surface area (Å²) in [6.07, 6.45) is 1.75. The number of aliphatic hydroxyl groups excluding tert-OH is 1. The fourth-order valence-corrected chi connectivity index (χ4v) is 1.32. The van der Waals surface area contributed by atoms with Gasteiger partial charge in [0.25, 0.3) is 0 Å². The molecule has 0 aliphatic carbocycles. The third-order valence-corrected chi connectivity index (χ3v) is 2.12. The molecule has 0 radical (unpaired) electrons. The van der Waals surface area contributed by atoms with Crippen molar-refractivity contribution in [1.29, 1.82) is 0 Å². The molecule has 0 aliphatic heterocycles. The molecule has 0 unspecified atom stereocenters. The summed E-state index contributed by atoms with van der Waals surface area (Å²) in [6.45, 7) is 4.14. The van der Waals surface area contributed by atoms with Gasteiger partial charge in [-0.05, 0) is 24.6 Å². The van der Waals surface area contributed by atoms with Crippen LogP contribution in [0.25, 0.3) is 0 Å². The Labute approximate surface area is 84.4 Å². The molecule has 4 heteroatoms. The fraction of sp³-hybridized carbons (Fsp3) is 0.500. The van der Waals surface area contributed by atoms with Gasteiger partial charge >= 0.3 is 0 Å². The highest BCUT2D eigenvalue weighted by molar-refractivity contribution is 5.40. The first-order chi connectivity index (χ1) is 6.81. The summed E-state index contributed by atoms with van der Waals surface area (Å²) in [5, 5.41) is 8.86. The first-order valence-electron chi connectivity index (χ1n) is 4.82. The molecule has 0 spiro atoms. The SMILES string of the molecule is CCN(CCO)c1cc(CN)ccn1. The van der Waals surface area contributed by atoms with Crippen LogP contribution in [-0.2, 0) is 6.54 Å². The maximum atomic E-state index is 8.86. The van der Waals surface area contributed by atoms with Gasteiger partial charge in [-0.3, -0.25) is 0 Å². The van der Waals surface area contributed by atoms with Gasteiger partial charge in [0.05, 0.1) is 6.61 Å². The number of aromatic nitrogens is 1. The number of anilines is 1. The smallest absolute Gasteiger partial charge is 0.128 e. The molecule has 0 amide bonds. The third kappa shape index (κ3) is 2.68. The zero-order valence-electron chi connectivity index (χ0n) is 8.48. The van der Waals surface area contributed by atoms with Crippen molar-refractivity contribution in [3.63, 3.8) is 0 Å². The van der Waals surface area contributed by atoms with Gasteiger partial charge in [0.15, 0.2) is 0 Å². The van der Waals surface area contributed by atoms with E-state index in [1.165, 1.54) is 0 Å². The van der Waals surface area contributed by atoms with Crippen molar-refractivity contribution in [3.8, 4) is 0 Å². The monoisotopic (exact) mass is 195 g/mol. The van der Waals surface area contributed by atoms with E-state index in [2.05, 4.69) is 4.98 Å². The minimum absolute atomic E-state index is 0.141. The lowest BCUT2D eigenvalue weighted by Gasteiger charge is -2.20. The number of aliphatic hydroxyl groups is 1. The van der Waals surface area contributed by atoms with Crippen molar-refractivity contribution in [1.82, 2.24) is 4.98 Å². The van der Waals surface area contributed by atoms with E-state index in [1.54, 1.807) is 6.20 Å². The van der Waals surface area contributed by atoms with Crippen molar-refractivity contribution in [3.05, 3.63) is 23.9 Å². The van der Waals surface area contributed by atoms with Gasteiger partial charge < -0.3 is 15.7 Å². The lowest BCUT2D eigenvalue weighted by molar-refractivity contribution is 0.302. The van der Waals surface area contributed by atoms with Crippen molar-refractivity contribution in [2.45, 2.75) is 13.5 Å². The highest BCUT2D eigenvalue weighted by atomic mass is 16.3. The van der Waals surface area contributed by atoms with Gasteiger partial charge in [-0.2, -0.15) is 0 Å². The standard InChI is InChI=1S/C10H17N3O/c1-2-13(5-6-14)10-7-9(8-11)3-4-12-10/h3-4,7,14H,2,5-6,8,11H2,1H3. The van der Waals surface area contributed by atoms with Crippen LogP contribution in [0.15, 0.2) is 18.3 Å². The first kappa shape index (κ1) is 10.9. The maximum absolute atomic E-state index is 8.86. The lowest BCUT2D eigenvalue weighted by atomic mass is 10.2. The number of likely N-dealkylation sites (N-methyl/N-ethyl adjacent to an activating group) is 1. The first-order valence-corrected chi connectivity index (χ1v) is 4.82. The zero-order valence-corrected chi connectivity index (χ0v) is 8.48. The Morgan fingerprint density at radius 2 is 2.36 bits per heavy atom. The predicted molar refractivity (Wildman–Crippen MR) is 57.1 cm³/mol. The molecule has 1 rings (SSSR count). The van der Waals surface area contributed by atoms with E-state index in [1.807, 2.05) is 24.0 Å². The molecule has 3 N–H and O–H groups in total. The highest BCUT2D eigenvalue weighted by Gasteiger charge is 2.04. The van der Waals surface area contributed by atoms with Gasteiger partial charge in [0, 0.05) is 25.8 Å². The molecule has 4 nitrogen and oxygen atoms in total. The minimum atomic E-state index is 0.141. The Kier molecular flexibility index (Phi) is 4.35. The average Bonchev–Trinajstić information content (AvgIpc) is 2.26. The summed E-state index contributed by atoms with van der Waals surface area (Å²) in [6, 6.07) is 3.86. The fourth-order valence-electron chi connectivity index (χ4n) is 1.32. The Hall–Kier alpha value is -1.13. The molecule has 1 aromatic rings. The van der Waals surface area contributed by atoms with Crippen molar-refractivity contribution < 1.29 is 5.11 Å². The van der Waals surface area contributed by atoms with Gasteiger partial charge in [-0.15, -0.1) is 0 Å². The van der Waals surface area contributed by atoms with Crippen molar-refractivity contribution in [2.75, 3.05) is 24.6 Å². The van der Waals surface area contributed by atoms with Crippen LogP contribution >= 0.6 is 0 Å². The lowest BCUT2D eigenvalue weighted by Crippen LogP contribution is -2.27. The quantitative estimate of drug-likeness (QED) is 0.712. The van der Waals surface area contributed by atoms with E-state index >= 15 is 0 Å². The van der Waals surface area contributed by atoms with E-state index in [0.717, 1.165) is 17.9 Å². The van der Waals surface area contributed by atoms with Crippen LogP contribution in [0.2, 0.25) is 0 Å². The number of nitrogens with zero attached hydrogens (tertiary/aromatic N) is 2. The van der Waals surface area contributed by atoms with E-state index in [4.69, 9.17) is 10.8 Å². The Morgan fingerprint density at radius 3 is 2.93 bits per heavy atom. The second kappa shape index (κ2) is 5.57. The van der Waals surface area contributed by atoms with Gasteiger partial charge in [-0.25, -0.2) is 4.98 Å². The molecule has 0 saturated heterocycles. The van der Waals surface area contributed by atoms with Crippen LogP contribution in [0.5, 0.6) is 0 Å². The van der Waals surface area contributed by atoms with Crippen LogP contribution < -0.4 is 10.6 Å². The molecule has 1 heterocycles. The summed E-state index contributed by atoms with van der Waals surface area (Å²) in [5.74, 6) is 0.879. The Balaban J connectivity index is 2.80.